The van der Waals surface area contributed by atoms with E-state index in [0.29, 0.717) is 12.0 Å². The van der Waals surface area contributed by atoms with Crippen molar-refractivity contribution in [3.8, 4) is 0 Å². The Labute approximate surface area is 62.7 Å². The van der Waals surface area contributed by atoms with Gasteiger partial charge in [0.15, 0.2) is 0 Å². The van der Waals surface area contributed by atoms with E-state index < -0.39 is 0 Å². The molecule has 0 radical (unpaired) electrons. The summed E-state index contributed by atoms with van der Waals surface area (Å²) in [7, 11) is 0. The maximum absolute atomic E-state index is 5.87. The maximum Gasteiger partial charge on any atom is 0.0509 e. The molecule has 0 aromatic carbocycles. The van der Waals surface area contributed by atoms with E-state index in [-0.39, 0.29) is 0 Å². The lowest BCUT2D eigenvalue weighted by Gasteiger charge is -2.26. The molecule has 2 nitrogen and oxygen atoms in total. The normalized spacial score (nSPS) is 30.0. The molecule has 1 saturated heterocycles. The first kappa shape index (κ1) is 8.02. The van der Waals surface area contributed by atoms with Crippen molar-refractivity contribution in [2.24, 2.45) is 11.7 Å². The van der Waals surface area contributed by atoms with E-state index in [9.17, 15) is 0 Å². The molecule has 60 valence electrons. The van der Waals surface area contributed by atoms with Crippen LogP contribution < -0.4 is 5.73 Å². The molecule has 2 atom stereocenters. The second-order valence-electron chi connectivity index (χ2n) is 3.05. The lowest BCUT2D eigenvalue weighted by Crippen LogP contribution is -2.35. The van der Waals surface area contributed by atoms with Gasteiger partial charge in [0.2, 0.25) is 0 Å². The summed E-state index contributed by atoms with van der Waals surface area (Å²) in [6.07, 6.45) is 3.53. The zero-order chi connectivity index (χ0) is 7.40. The molecule has 0 amide bonds. The van der Waals surface area contributed by atoms with E-state index in [2.05, 4.69) is 6.92 Å². The van der Waals surface area contributed by atoms with Crippen molar-refractivity contribution in [3.63, 3.8) is 0 Å². The van der Waals surface area contributed by atoms with Gasteiger partial charge in [-0.15, -0.1) is 0 Å². The summed E-state index contributed by atoms with van der Waals surface area (Å²) in [6, 6.07) is 0.361. The van der Waals surface area contributed by atoms with E-state index in [1.807, 2.05) is 0 Å². The lowest BCUT2D eigenvalue weighted by atomic mass is 9.93. The number of rotatable bonds is 2. The molecule has 2 heteroatoms. The highest BCUT2D eigenvalue weighted by molar-refractivity contribution is 4.73. The average molecular weight is 143 g/mol. The fourth-order valence-corrected chi connectivity index (χ4v) is 1.44. The highest BCUT2D eigenvalue weighted by atomic mass is 16.5. The Bertz CT molecular complexity index is 89.3. The molecular formula is C8H17NO. The molecule has 0 aromatic rings. The van der Waals surface area contributed by atoms with Gasteiger partial charge in [-0.25, -0.2) is 0 Å². The average Bonchev–Trinajstić information content (AvgIpc) is 2.05. The predicted molar refractivity (Wildman–Crippen MR) is 41.8 cm³/mol. The first-order valence-corrected chi connectivity index (χ1v) is 4.18. The third-order valence-electron chi connectivity index (χ3n) is 2.27. The van der Waals surface area contributed by atoms with Crippen molar-refractivity contribution >= 4 is 0 Å². The van der Waals surface area contributed by atoms with Crippen LogP contribution in [0.1, 0.15) is 26.2 Å². The molecule has 10 heavy (non-hydrogen) atoms. The van der Waals surface area contributed by atoms with Gasteiger partial charge in [0.05, 0.1) is 6.61 Å². The van der Waals surface area contributed by atoms with Crippen LogP contribution >= 0.6 is 0 Å². The molecule has 0 bridgehead atoms. The van der Waals surface area contributed by atoms with E-state index in [0.717, 1.165) is 19.6 Å². The van der Waals surface area contributed by atoms with E-state index in [1.165, 1.54) is 12.8 Å². The monoisotopic (exact) mass is 143 g/mol. The Kier molecular flexibility index (Phi) is 3.16. The standard InChI is InChI=1S/C8H17NO/c1-2-8(9)7-4-3-5-10-6-7/h7-8H,2-6,9H2,1H3/t7-,8-/m0/s1. The smallest absolute Gasteiger partial charge is 0.0509 e. The van der Waals surface area contributed by atoms with Gasteiger partial charge in [-0.3, -0.25) is 0 Å². The van der Waals surface area contributed by atoms with Gasteiger partial charge >= 0.3 is 0 Å². The van der Waals surface area contributed by atoms with Gasteiger partial charge in [-0.05, 0) is 25.2 Å². The van der Waals surface area contributed by atoms with Gasteiger partial charge in [0.25, 0.3) is 0 Å². The van der Waals surface area contributed by atoms with Crippen LogP contribution in [-0.2, 0) is 4.74 Å². The van der Waals surface area contributed by atoms with Gasteiger partial charge in [0, 0.05) is 12.6 Å². The van der Waals surface area contributed by atoms with Crippen LogP contribution in [0, 0.1) is 5.92 Å². The Morgan fingerprint density at radius 1 is 1.70 bits per heavy atom. The largest absolute Gasteiger partial charge is 0.381 e. The van der Waals surface area contributed by atoms with Crippen molar-refractivity contribution in [2.45, 2.75) is 32.2 Å². The Balaban J connectivity index is 2.24. The third-order valence-corrected chi connectivity index (χ3v) is 2.27. The zero-order valence-corrected chi connectivity index (χ0v) is 6.68. The highest BCUT2D eigenvalue weighted by Crippen LogP contribution is 2.17. The third kappa shape index (κ3) is 1.96. The summed E-state index contributed by atoms with van der Waals surface area (Å²) in [4.78, 5) is 0. The first-order chi connectivity index (χ1) is 4.84. The molecule has 1 rings (SSSR count). The lowest BCUT2D eigenvalue weighted by molar-refractivity contribution is 0.0445. The fourth-order valence-electron chi connectivity index (χ4n) is 1.44. The van der Waals surface area contributed by atoms with Gasteiger partial charge in [-0.2, -0.15) is 0 Å². The molecule has 0 unspecified atom stereocenters. The molecule has 0 aromatic heterocycles. The van der Waals surface area contributed by atoms with Crippen LogP contribution in [0.25, 0.3) is 0 Å². The second kappa shape index (κ2) is 3.94. The van der Waals surface area contributed by atoms with Crippen molar-refractivity contribution < 1.29 is 4.74 Å². The maximum atomic E-state index is 5.87. The van der Waals surface area contributed by atoms with Gasteiger partial charge in [0.1, 0.15) is 0 Å². The topological polar surface area (TPSA) is 35.2 Å². The minimum absolute atomic E-state index is 0.361. The summed E-state index contributed by atoms with van der Waals surface area (Å²) in [6.45, 7) is 3.96. The molecular weight excluding hydrogens is 126 g/mol. The van der Waals surface area contributed by atoms with Gasteiger partial charge in [-0.1, -0.05) is 6.92 Å². The minimum Gasteiger partial charge on any atom is -0.381 e. The van der Waals surface area contributed by atoms with Crippen molar-refractivity contribution in [3.05, 3.63) is 0 Å². The van der Waals surface area contributed by atoms with Crippen molar-refractivity contribution in [1.29, 1.82) is 0 Å². The van der Waals surface area contributed by atoms with E-state index >= 15 is 0 Å². The highest BCUT2D eigenvalue weighted by Gasteiger charge is 2.18. The summed E-state index contributed by atoms with van der Waals surface area (Å²) >= 11 is 0. The summed E-state index contributed by atoms with van der Waals surface area (Å²) in [5.74, 6) is 0.624. The van der Waals surface area contributed by atoms with Crippen LogP contribution in [0.2, 0.25) is 0 Å². The number of ether oxygens (including phenoxy) is 1. The van der Waals surface area contributed by atoms with Crippen LogP contribution in [0.4, 0.5) is 0 Å². The number of hydrogen-bond acceptors (Lipinski definition) is 2. The molecule has 1 fully saturated rings. The molecule has 1 heterocycles. The first-order valence-electron chi connectivity index (χ1n) is 4.18. The summed E-state index contributed by atoms with van der Waals surface area (Å²) in [5, 5.41) is 0. The summed E-state index contributed by atoms with van der Waals surface area (Å²) in [5.41, 5.74) is 5.87. The molecule has 1 aliphatic heterocycles. The number of nitrogens with two attached hydrogens (primary N) is 1. The Hall–Kier alpha value is -0.0800. The number of hydrogen-bond donors (Lipinski definition) is 1. The molecule has 0 spiro atoms. The minimum atomic E-state index is 0.361. The molecule has 1 aliphatic rings. The Morgan fingerprint density at radius 3 is 3.00 bits per heavy atom. The van der Waals surface area contributed by atoms with E-state index in [4.69, 9.17) is 10.5 Å². The quantitative estimate of drug-likeness (QED) is 0.629. The van der Waals surface area contributed by atoms with Crippen LogP contribution in [0.15, 0.2) is 0 Å². The van der Waals surface area contributed by atoms with Gasteiger partial charge < -0.3 is 10.5 Å². The van der Waals surface area contributed by atoms with Crippen LogP contribution in [0.3, 0.4) is 0 Å². The van der Waals surface area contributed by atoms with Crippen LogP contribution in [-0.4, -0.2) is 19.3 Å². The summed E-state index contributed by atoms with van der Waals surface area (Å²) < 4.78 is 5.33. The van der Waals surface area contributed by atoms with Crippen LogP contribution in [0.5, 0.6) is 0 Å². The molecule has 2 N–H and O–H groups in total. The zero-order valence-electron chi connectivity index (χ0n) is 6.68. The SMILES string of the molecule is CC[C@H](N)[C@H]1CCCOC1. The molecule has 0 saturated carbocycles. The predicted octanol–water partition coefficient (Wildman–Crippen LogP) is 1.15. The van der Waals surface area contributed by atoms with E-state index in [1.54, 1.807) is 0 Å². The Morgan fingerprint density at radius 2 is 2.50 bits per heavy atom. The second-order valence-corrected chi connectivity index (χ2v) is 3.05. The van der Waals surface area contributed by atoms with Crippen molar-refractivity contribution in [2.75, 3.05) is 13.2 Å². The molecule has 0 aliphatic carbocycles. The van der Waals surface area contributed by atoms with Crippen molar-refractivity contribution in [1.82, 2.24) is 0 Å². The fraction of sp³-hybridized carbons (Fsp3) is 1.00.